The first-order valence-corrected chi connectivity index (χ1v) is 7.74. The normalized spacial score (nSPS) is 12.3. The highest BCUT2D eigenvalue weighted by Crippen LogP contribution is 2.35. The Morgan fingerprint density at radius 3 is 2.83 bits per heavy atom. The number of nitrogens with zero attached hydrogens (tertiary/aromatic N) is 4. The van der Waals surface area contributed by atoms with Crippen molar-refractivity contribution in [3.63, 3.8) is 0 Å². The highest BCUT2D eigenvalue weighted by molar-refractivity contribution is 5.53. The second kappa shape index (κ2) is 6.57. The second-order valence-corrected chi connectivity index (χ2v) is 5.29. The Kier molecular flexibility index (Phi) is 3.97. The highest BCUT2D eigenvalue weighted by Gasteiger charge is 2.13. The number of ether oxygens (including phenoxy) is 3. The average molecular weight is 324 g/mol. The van der Waals surface area contributed by atoms with Crippen LogP contribution in [0.5, 0.6) is 17.2 Å². The molecule has 122 valence electrons. The number of fused-ring (bicyclic) bond motifs is 1. The molecule has 0 atom stereocenters. The van der Waals surface area contributed by atoms with E-state index in [0.717, 1.165) is 29.2 Å². The van der Waals surface area contributed by atoms with Crippen molar-refractivity contribution in [2.24, 2.45) is 0 Å². The van der Waals surface area contributed by atoms with Gasteiger partial charge >= 0.3 is 0 Å². The Morgan fingerprint density at radius 1 is 1.04 bits per heavy atom. The molecule has 0 spiro atoms. The lowest BCUT2D eigenvalue weighted by atomic mass is 10.2. The van der Waals surface area contributed by atoms with Gasteiger partial charge in [-0.25, -0.2) is 0 Å². The third kappa shape index (κ3) is 3.15. The first-order chi connectivity index (χ1) is 11.9. The highest BCUT2D eigenvalue weighted by atomic mass is 16.7. The zero-order valence-corrected chi connectivity index (χ0v) is 13.0. The van der Waals surface area contributed by atoms with Crippen molar-refractivity contribution in [3.05, 3.63) is 48.5 Å². The number of aryl methyl sites for hydroxylation is 1. The molecule has 1 aliphatic rings. The van der Waals surface area contributed by atoms with E-state index in [0.29, 0.717) is 19.0 Å². The molecule has 7 heteroatoms. The number of hydrogen-bond donors (Lipinski definition) is 0. The van der Waals surface area contributed by atoms with Crippen LogP contribution in [0, 0.1) is 0 Å². The Morgan fingerprint density at radius 2 is 1.92 bits per heavy atom. The number of rotatable bonds is 6. The molecule has 1 aliphatic heterocycles. The fraction of sp³-hybridized carbons (Fsp3) is 0.235. The van der Waals surface area contributed by atoms with Crippen molar-refractivity contribution in [2.45, 2.75) is 13.0 Å². The molecule has 0 bridgehead atoms. The monoisotopic (exact) mass is 324 g/mol. The predicted molar refractivity (Wildman–Crippen MR) is 85.9 cm³/mol. The van der Waals surface area contributed by atoms with Crippen molar-refractivity contribution in [3.8, 4) is 28.6 Å². The summed E-state index contributed by atoms with van der Waals surface area (Å²) >= 11 is 0. The van der Waals surface area contributed by atoms with Gasteiger partial charge in [-0.3, -0.25) is 0 Å². The Labute approximate surface area is 138 Å². The summed E-state index contributed by atoms with van der Waals surface area (Å²) in [5, 5.41) is 12.5. The maximum absolute atomic E-state index is 5.72. The van der Waals surface area contributed by atoms with Crippen molar-refractivity contribution in [1.82, 2.24) is 20.2 Å². The maximum Gasteiger partial charge on any atom is 0.231 e. The minimum absolute atomic E-state index is 0.264. The number of aromatic nitrogens is 4. The minimum atomic E-state index is 0.264. The van der Waals surface area contributed by atoms with E-state index in [1.54, 1.807) is 4.80 Å². The topological polar surface area (TPSA) is 71.3 Å². The van der Waals surface area contributed by atoms with Crippen molar-refractivity contribution in [1.29, 1.82) is 0 Å². The Hall–Kier alpha value is -3.09. The van der Waals surface area contributed by atoms with Gasteiger partial charge in [0.15, 0.2) is 11.5 Å². The maximum atomic E-state index is 5.72. The Bertz CT molecular complexity index is 820. The van der Waals surface area contributed by atoms with Crippen LogP contribution in [0.1, 0.15) is 6.42 Å². The van der Waals surface area contributed by atoms with Gasteiger partial charge in [0.1, 0.15) is 5.75 Å². The second-order valence-electron chi connectivity index (χ2n) is 5.29. The van der Waals surface area contributed by atoms with Gasteiger partial charge in [-0.2, -0.15) is 4.80 Å². The molecule has 3 aromatic rings. The van der Waals surface area contributed by atoms with Gasteiger partial charge in [0.25, 0.3) is 0 Å². The molecule has 0 saturated carbocycles. The van der Waals surface area contributed by atoms with E-state index in [-0.39, 0.29) is 6.79 Å². The van der Waals surface area contributed by atoms with E-state index in [2.05, 4.69) is 15.4 Å². The molecule has 0 saturated heterocycles. The summed E-state index contributed by atoms with van der Waals surface area (Å²) < 4.78 is 16.3. The lowest BCUT2D eigenvalue weighted by Gasteiger charge is -2.06. The zero-order valence-electron chi connectivity index (χ0n) is 13.0. The van der Waals surface area contributed by atoms with Gasteiger partial charge in [-0.15, -0.1) is 10.2 Å². The van der Waals surface area contributed by atoms with E-state index in [4.69, 9.17) is 14.2 Å². The summed E-state index contributed by atoms with van der Waals surface area (Å²) in [6.45, 7) is 1.47. The van der Waals surface area contributed by atoms with Crippen LogP contribution in [0.25, 0.3) is 11.4 Å². The summed E-state index contributed by atoms with van der Waals surface area (Å²) in [5.41, 5.74) is 0.959. The molecule has 0 fully saturated rings. The summed E-state index contributed by atoms with van der Waals surface area (Å²) in [7, 11) is 0. The summed E-state index contributed by atoms with van der Waals surface area (Å²) in [6, 6.07) is 15.3. The van der Waals surface area contributed by atoms with E-state index in [1.165, 1.54) is 0 Å². The molecule has 0 amide bonds. The van der Waals surface area contributed by atoms with Crippen LogP contribution in [0.3, 0.4) is 0 Å². The van der Waals surface area contributed by atoms with E-state index < -0.39 is 0 Å². The minimum Gasteiger partial charge on any atom is -0.493 e. The molecule has 24 heavy (non-hydrogen) atoms. The lowest BCUT2D eigenvalue weighted by Crippen LogP contribution is -2.07. The molecule has 0 unspecified atom stereocenters. The van der Waals surface area contributed by atoms with Gasteiger partial charge in [0.2, 0.25) is 12.6 Å². The van der Waals surface area contributed by atoms with Crippen molar-refractivity contribution in [2.75, 3.05) is 13.4 Å². The molecule has 0 aliphatic carbocycles. The third-order valence-electron chi connectivity index (χ3n) is 3.60. The van der Waals surface area contributed by atoms with Crippen LogP contribution in [0.15, 0.2) is 48.5 Å². The predicted octanol–water partition coefficient (Wildman–Crippen LogP) is 2.54. The molecule has 7 nitrogen and oxygen atoms in total. The van der Waals surface area contributed by atoms with Gasteiger partial charge < -0.3 is 14.2 Å². The van der Waals surface area contributed by atoms with Gasteiger partial charge in [0.05, 0.1) is 13.2 Å². The smallest absolute Gasteiger partial charge is 0.231 e. The Balaban J connectivity index is 1.28. The molecule has 4 rings (SSSR count). The number of tetrazole rings is 1. The SMILES string of the molecule is c1ccc(-c2nnn(CCCOc3ccc4c(c3)OCO4)n2)cc1. The largest absolute Gasteiger partial charge is 0.493 e. The van der Waals surface area contributed by atoms with Crippen molar-refractivity contribution >= 4 is 0 Å². The number of benzene rings is 2. The van der Waals surface area contributed by atoms with Crippen LogP contribution in [-0.2, 0) is 6.54 Å². The molecule has 0 N–H and O–H groups in total. The first kappa shape index (κ1) is 14.5. The lowest BCUT2D eigenvalue weighted by molar-refractivity contribution is 0.173. The molecule has 2 aromatic carbocycles. The van der Waals surface area contributed by atoms with Crippen LogP contribution < -0.4 is 14.2 Å². The van der Waals surface area contributed by atoms with E-state index in [9.17, 15) is 0 Å². The summed E-state index contributed by atoms with van der Waals surface area (Å²) in [5.74, 6) is 2.86. The number of hydrogen-bond acceptors (Lipinski definition) is 6. The zero-order chi connectivity index (χ0) is 16.2. The molecular weight excluding hydrogens is 308 g/mol. The summed E-state index contributed by atoms with van der Waals surface area (Å²) in [4.78, 5) is 1.59. The molecule has 1 aromatic heterocycles. The van der Waals surface area contributed by atoms with Crippen LogP contribution >= 0.6 is 0 Å². The standard InChI is InChI=1S/C17H16N4O3/c1-2-5-13(6-3-1)17-18-20-21(19-17)9-4-10-22-14-7-8-15-16(11-14)24-12-23-15/h1-3,5-8,11H,4,9-10,12H2. The molecule has 0 radical (unpaired) electrons. The third-order valence-corrected chi connectivity index (χ3v) is 3.60. The summed E-state index contributed by atoms with van der Waals surface area (Å²) in [6.07, 6.45) is 0.777. The van der Waals surface area contributed by atoms with Crippen molar-refractivity contribution < 1.29 is 14.2 Å². The average Bonchev–Trinajstić information content (AvgIpc) is 3.28. The van der Waals surface area contributed by atoms with E-state index in [1.807, 2.05) is 48.5 Å². The van der Waals surface area contributed by atoms with Crippen LogP contribution in [-0.4, -0.2) is 33.6 Å². The first-order valence-electron chi connectivity index (χ1n) is 7.74. The van der Waals surface area contributed by atoms with Gasteiger partial charge in [0, 0.05) is 18.1 Å². The van der Waals surface area contributed by atoms with Crippen LogP contribution in [0.2, 0.25) is 0 Å². The van der Waals surface area contributed by atoms with Crippen LogP contribution in [0.4, 0.5) is 0 Å². The molecular formula is C17H16N4O3. The fourth-order valence-corrected chi connectivity index (χ4v) is 2.40. The van der Waals surface area contributed by atoms with Gasteiger partial charge in [-0.1, -0.05) is 30.3 Å². The quantitative estimate of drug-likeness (QED) is 0.649. The molecule has 2 heterocycles. The van der Waals surface area contributed by atoms with E-state index >= 15 is 0 Å². The fourth-order valence-electron chi connectivity index (χ4n) is 2.40. The van der Waals surface area contributed by atoms with Gasteiger partial charge in [-0.05, 0) is 17.3 Å².